The number of hydrogen-bond acceptors (Lipinski definition) is 6. The van der Waals surface area contributed by atoms with Gasteiger partial charge in [-0.25, -0.2) is 9.97 Å². The topological polar surface area (TPSA) is 75.7 Å². The first kappa shape index (κ1) is 21.2. The van der Waals surface area contributed by atoms with Crippen LogP contribution in [-0.4, -0.2) is 20.2 Å². The summed E-state index contributed by atoms with van der Waals surface area (Å²) in [5.41, 5.74) is 2.44. The SMILES string of the molecule is Clc1cc(Nc2ncnc3cc(C#Cc4cn[nH]c4)sc23)ccc1Oc1cccc2ccccc12. The van der Waals surface area contributed by atoms with Gasteiger partial charge in [-0.1, -0.05) is 59.8 Å². The summed E-state index contributed by atoms with van der Waals surface area (Å²) in [6, 6.07) is 21.6. The van der Waals surface area contributed by atoms with Gasteiger partial charge in [-0.05, 0) is 35.7 Å². The Hall–Kier alpha value is -4.38. The molecule has 6 rings (SSSR count). The van der Waals surface area contributed by atoms with Gasteiger partial charge in [-0.2, -0.15) is 5.10 Å². The van der Waals surface area contributed by atoms with E-state index in [0.29, 0.717) is 16.6 Å². The number of thiophene rings is 1. The van der Waals surface area contributed by atoms with Crippen molar-refractivity contribution in [3.8, 4) is 23.3 Å². The number of nitrogens with one attached hydrogen (secondary N) is 2. The molecule has 0 atom stereocenters. The van der Waals surface area contributed by atoms with Crippen molar-refractivity contribution in [3.63, 3.8) is 0 Å². The van der Waals surface area contributed by atoms with Crippen LogP contribution in [0.25, 0.3) is 21.0 Å². The Bertz CT molecular complexity index is 1730. The molecule has 0 aliphatic rings. The molecule has 3 aromatic carbocycles. The van der Waals surface area contributed by atoms with Crippen LogP contribution >= 0.6 is 22.9 Å². The Morgan fingerprint density at radius 3 is 2.74 bits per heavy atom. The fraction of sp³-hybridized carbons (Fsp3) is 0. The highest BCUT2D eigenvalue weighted by Crippen LogP contribution is 2.36. The second-order valence-corrected chi connectivity index (χ2v) is 9.09. The van der Waals surface area contributed by atoms with E-state index in [1.165, 1.54) is 17.7 Å². The molecule has 0 saturated heterocycles. The number of rotatable bonds is 4. The Kier molecular flexibility index (Phi) is 5.51. The lowest BCUT2D eigenvalue weighted by Crippen LogP contribution is -1.95. The molecule has 0 bridgehead atoms. The zero-order valence-electron chi connectivity index (χ0n) is 18.1. The lowest BCUT2D eigenvalue weighted by molar-refractivity contribution is 0.488. The lowest BCUT2D eigenvalue weighted by Gasteiger charge is -2.12. The molecular weight excluding hydrogens is 478 g/mol. The first-order valence-electron chi connectivity index (χ1n) is 10.7. The van der Waals surface area contributed by atoms with E-state index in [1.807, 2.05) is 54.6 Å². The third-order valence-electron chi connectivity index (χ3n) is 5.30. The third-order valence-corrected chi connectivity index (χ3v) is 6.65. The maximum absolute atomic E-state index is 6.59. The largest absolute Gasteiger partial charge is 0.455 e. The minimum atomic E-state index is 0.492. The van der Waals surface area contributed by atoms with Crippen LogP contribution in [0.5, 0.6) is 11.5 Å². The summed E-state index contributed by atoms with van der Waals surface area (Å²) in [6.45, 7) is 0. The van der Waals surface area contributed by atoms with Crippen LogP contribution in [0.1, 0.15) is 10.4 Å². The van der Waals surface area contributed by atoms with Crippen molar-refractivity contribution in [1.29, 1.82) is 0 Å². The predicted octanol–water partition coefficient (Wildman–Crippen LogP) is 7.16. The van der Waals surface area contributed by atoms with E-state index in [2.05, 4.69) is 49.5 Å². The second-order valence-electron chi connectivity index (χ2n) is 7.63. The van der Waals surface area contributed by atoms with Gasteiger partial charge >= 0.3 is 0 Å². The molecule has 6 nitrogen and oxygen atoms in total. The molecule has 35 heavy (non-hydrogen) atoms. The van der Waals surface area contributed by atoms with Gasteiger partial charge in [0.05, 0.1) is 31.9 Å². The van der Waals surface area contributed by atoms with E-state index in [9.17, 15) is 0 Å². The Morgan fingerprint density at radius 1 is 0.943 bits per heavy atom. The highest BCUT2D eigenvalue weighted by Gasteiger charge is 2.11. The van der Waals surface area contributed by atoms with Crippen LogP contribution in [0.15, 0.2) is 85.5 Å². The van der Waals surface area contributed by atoms with Crippen LogP contribution in [-0.2, 0) is 0 Å². The molecule has 0 spiro atoms. The number of ether oxygens (including phenoxy) is 1. The smallest absolute Gasteiger partial charge is 0.151 e. The average Bonchev–Trinajstić information content (AvgIpc) is 3.55. The van der Waals surface area contributed by atoms with Gasteiger partial charge in [0.25, 0.3) is 0 Å². The summed E-state index contributed by atoms with van der Waals surface area (Å²) in [7, 11) is 0. The number of hydrogen-bond donors (Lipinski definition) is 2. The average molecular weight is 494 g/mol. The summed E-state index contributed by atoms with van der Waals surface area (Å²) >= 11 is 8.11. The number of aromatic amines is 1. The van der Waals surface area contributed by atoms with Crippen molar-refractivity contribution >= 4 is 55.4 Å². The molecule has 0 unspecified atom stereocenters. The molecule has 0 amide bonds. The van der Waals surface area contributed by atoms with E-state index < -0.39 is 0 Å². The molecule has 3 aromatic heterocycles. The van der Waals surface area contributed by atoms with Gasteiger partial charge in [-0.3, -0.25) is 5.10 Å². The maximum atomic E-state index is 6.59. The number of anilines is 2. The fourth-order valence-electron chi connectivity index (χ4n) is 3.66. The van der Waals surface area contributed by atoms with Crippen molar-refractivity contribution in [2.75, 3.05) is 5.32 Å². The summed E-state index contributed by atoms with van der Waals surface area (Å²) in [5.74, 6) is 8.26. The first-order valence-corrected chi connectivity index (χ1v) is 11.9. The molecule has 3 heterocycles. The molecule has 0 saturated carbocycles. The number of H-pyrrole nitrogens is 1. The Balaban J connectivity index is 1.26. The van der Waals surface area contributed by atoms with Crippen molar-refractivity contribution in [2.24, 2.45) is 0 Å². The standard InChI is InChI=1S/C27H16ClN5OS/c28-22-12-19(9-11-25(22)34-24-7-3-5-18-4-1-2-6-21(18)24)33-27-26-23(29-16-30-27)13-20(35-26)10-8-17-14-31-32-15-17/h1-7,9,11-16H,(H,31,32)(H,29,30,33). The molecule has 0 aliphatic carbocycles. The van der Waals surface area contributed by atoms with Crippen LogP contribution in [0.3, 0.4) is 0 Å². The van der Waals surface area contributed by atoms with Crippen LogP contribution in [0.2, 0.25) is 5.02 Å². The first-order chi connectivity index (χ1) is 17.2. The van der Waals surface area contributed by atoms with Crippen molar-refractivity contribution in [1.82, 2.24) is 20.2 Å². The number of fused-ring (bicyclic) bond motifs is 2. The highest BCUT2D eigenvalue weighted by molar-refractivity contribution is 7.20. The predicted molar refractivity (Wildman–Crippen MR) is 141 cm³/mol. The minimum Gasteiger partial charge on any atom is -0.455 e. The molecule has 8 heteroatoms. The van der Waals surface area contributed by atoms with E-state index in [0.717, 1.165) is 42.9 Å². The second kappa shape index (κ2) is 9.11. The van der Waals surface area contributed by atoms with Crippen LogP contribution < -0.4 is 10.1 Å². The lowest BCUT2D eigenvalue weighted by atomic mass is 10.1. The van der Waals surface area contributed by atoms with E-state index in [1.54, 1.807) is 12.4 Å². The van der Waals surface area contributed by atoms with E-state index >= 15 is 0 Å². The quantitative estimate of drug-likeness (QED) is 0.255. The summed E-state index contributed by atoms with van der Waals surface area (Å²) < 4.78 is 7.07. The normalized spacial score (nSPS) is 10.8. The molecule has 0 fully saturated rings. The molecule has 0 aliphatic heterocycles. The molecule has 0 radical (unpaired) electrons. The van der Waals surface area contributed by atoms with Gasteiger partial charge in [0.2, 0.25) is 0 Å². The Morgan fingerprint density at radius 2 is 1.86 bits per heavy atom. The minimum absolute atomic E-state index is 0.492. The fourth-order valence-corrected chi connectivity index (χ4v) is 4.79. The monoisotopic (exact) mass is 493 g/mol. The zero-order chi connectivity index (χ0) is 23.6. The molecule has 2 N–H and O–H groups in total. The molecule has 168 valence electrons. The van der Waals surface area contributed by atoms with E-state index in [4.69, 9.17) is 16.3 Å². The number of benzene rings is 3. The van der Waals surface area contributed by atoms with Crippen LogP contribution in [0, 0.1) is 11.8 Å². The van der Waals surface area contributed by atoms with Gasteiger partial charge in [0.15, 0.2) is 5.82 Å². The van der Waals surface area contributed by atoms with E-state index in [-0.39, 0.29) is 0 Å². The highest BCUT2D eigenvalue weighted by atomic mass is 35.5. The van der Waals surface area contributed by atoms with Gasteiger partial charge in [0.1, 0.15) is 17.8 Å². The third kappa shape index (κ3) is 4.41. The maximum Gasteiger partial charge on any atom is 0.151 e. The number of halogens is 1. The molecule has 6 aromatic rings. The van der Waals surface area contributed by atoms with Gasteiger partial charge < -0.3 is 10.1 Å². The zero-order valence-corrected chi connectivity index (χ0v) is 19.7. The Labute approximate surface area is 209 Å². The summed E-state index contributed by atoms with van der Waals surface area (Å²) in [5, 5.41) is 12.6. The van der Waals surface area contributed by atoms with Crippen molar-refractivity contribution < 1.29 is 4.74 Å². The van der Waals surface area contributed by atoms with Crippen molar-refractivity contribution in [3.05, 3.63) is 101 Å². The summed E-state index contributed by atoms with van der Waals surface area (Å²) in [6.07, 6.45) is 4.97. The summed E-state index contributed by atoms with van der Waals surface area (Å²) in [4.78, 5) is 9.70. The van der Waals surface area contributed by atoms with Crippen molar-refractivity contribution in [2.45, 2.75) is 0 Å². The van der Waals surface area contributed by atoms with Crippen LogP contribution in [0.4, 0.5) is 11.5 Å². The number of nitrogens with zero attached hydrogens (tertiary/aromatic N) is 3. The number of aromatic nitrogens is 4. The van der Waals surface area contributed by atoms with Gasteiger partial charge in [-0.15, -0.1) is 11.3 Å². The van der Waals surface area contributed by atoms with Gasteiger partial charge in [0, 0.05) is 17.3 Å². The molecular formula is C27H16ClN5OS.